The molecule has 0 amide bonds. The lowest BCUT2D eigenvalue weighted by molar-refractivity contribution is 0.313. The van der Waals surface area contributed by atoms with Crippen LogP contribution < -0.4 is 25.2 Å². The molecule has 0 radical (unpaired) electrons. The smallest absolute Gasteiger partial charge is 0.295 e. The van der Waals surface area contributed by atoms with E-state index in [-0.39, 0.29) is 29.6 Å². The van der Waals surface area contributed by atoms with Gasteiger partial charge in [-0.05, 0) is 55.9 Å². The third-order valence-corrected chi connectivity index (χ3v) is 8.87. The molecule has 1 saturated heterocycles. The molecule has 2 aromatic carbocycles. The summed E-state index contributed by atoms with van der Waals surface area (Å²) in [6, 6.07) is 16.4. The van der Waals surface area contributed by atoms with Crippen molar-refractivity contribution in [2.24, 2.45) is 0 Å². The highest BCUT2D eigenvalue weighted by Crippen LogP contribution is 2.29. The summed E-state index contributed by atoms with van der Waals surface area (Å²) in [6.45, 7) is 6.08. The first kappa shape index (κ1) is 26.2. The Bertz CT molecular complexity index is 1720. The van der Waals surface area contributed by atoms with Gasteiger partial charge in [0.2, 0.25) is 16.0 Å². The van der Waals surface area contributed by atoms with Gasteiger partial charge in [-0.2, -0.15) is 9.71 Å². The number of piperazine rings is 1. The normalized spacial score (nSPS) is 18.9. The molecule has 11 nitrogen and oxygen atoms in total. The maximum atomic E-state index is 13.6. The van der Waals surface area contributed by atoms with Crippen molar-refractivity contribution in [3.63, 3.8) is 0 Å². The van der Waals surface area contributed by atoms with Crippen LogP contribution in [0, 0.1) is 0 Å². The van der Waals surface area contributed by atoms with Crippen LogP contribution in [0.3, 0.4) is 0 Å². The molecule has 2 N–H and O–H groups in total. The SMILES string of the molecule is CCOc1cc2cnc(Nc3ccc(N4CCN(C)CC4)cc3)nc2n(C2Cc3ccccc3S(=O)(=O)N2)c1=O. The summed E-state index contributed by atoms with van der Waals surface area (Å²) in [6.07, 6.45) is 0.994. The maximum absolute atomic E-state index is 13.6. The second-order valence-electron chi connectivity index (χ2n) is 10.0. The molecule has 0 spiro atoms. The Labute approximate surface area is 232 Å². The molecule has 1 unspecified atom stereocenters. The largest absolute Gasteiger partial charge is 0.488 e. The van der Waals surface area contributed by atoms with Gasteiger partial charge in [0.25, 0.3) is 5.56 Å². The summed E-state index contributed by atoms with van der Waals surface area (Å²) in [4.78, 5) is 27.6. The zero-order chi connectivity index (χ0) is 27.9. The van der Waals surface area contributed by atoms with E-state index >= 15 is 0 Å². The van der Waals surface area contributed by atoms with E-state index in [9.17, 15) is 13.2 Å². The van der Waals surface area contributed by atoms with Crippen molar-refractivity contribution in [2.45, 2.75) is 24.4 Å². The Morgan fingerprint density at radius 2 is 1.82 bits per heavy atom. The number of likely N-dealkylation sites (N-methyl/N-ethyl adjacent to an activating group) is 1. The van der Waals surface area contributed by atoms with Crippen LogP contribution in [0.4, 0.5) is 17.3 Å². The third-order valence-electron chi connectivity index (χ3n) is 7.31. The van der Waals surface area contributed by atoms with Gasteiger partial charge in [-0.3, -0.25) is 9.36 Å². The van der Waals surface area contributed by atoms with E-state index in [1.807, 2.05) is 12.1 Å². The number of nitrogens with zero attached hydrogens (tertiary/aromatic N) is 5. The number of anilines is 3. The summed E-state index contributed by atoms with van der Waals surface area (Å²) in [5.74, 6) is 0.396. The minimum Gasteiger partial charge on any atom is -0.488 e. The lowest BCUT2D eigenvalue weighted by Crippen LogP contribution is -2.44. The highest BCUT2D eigenvalue weighted by atomic mass is 32.2. The molecule has 2 aliphatic heterocycles. The Kier molecular flexibility index (Phi) is 6.90. The summed E-state index contributed by atoms with van der Waals surface area (Å²) in [5.41, 5.74) is 2.40. The van der Waals surface area contributed by atoms with Crippen molar-refractivity contribution in [2.75, 3.05) is 50.1 Å². The Morgan fingerprint density at radius 3 is 2.58 bits per heavy atom. The van der Waals surface area contributed by atoms with Crippen LogP contribution in [-0.4, -0.2) is 67.7 Å². The van der Waals surface area contributed by atoms with Crippen molar-refractivity contribution in [3.8, 4) is 5.75 Å². The lowest BCUT2D eigenvalue weighted by atomic mass is 10.1. The standard InChI is InChI=1S/C28H31N7O4S/c1-3-39-23-16-20-18-29-28(30-21-8-10-22(11-9-21)34-14-12-33(2)13-15-34)31-26(20)35(27(23)36)25-17-19-6-4-5-7-24(19)40(37,38)32-25/h4-11,16,18,25,32H,3,12-15,17H2,1-2H3,(H,29,30,31). The molecule has 2 aliphatic rings. The number of rotatable bonds is 6. The third kappa shape index (κ3) is 5.01. The predicted octanol–water partition coefficient (Wildman–Crippen LogP) is 2.72. The van der Waals surface area contributed by atoms with Gasteiger partial charge in [0, 0.05) is 55.6 Å². The van der Waals surface area contributed by atoms with Gasteiger partial charge in [0.05, 0.1) is 11.5 Å². The summed E-state index contributed by atoms with van der Waals surface area (Å²) in [7, 11) is -1.71. The lowest BCUT2D eigenvalue weighted by Gasteiger charge is -2.34. The zero-order valence-electron chi connectivity index (χ0n) is 22.4. The van der Waals surface area contributed by atoms with Crippen molar-refractivity contribution in [3.05, 3.63) is 76.7 Å². The monoisotopic (exact) mass is 561 g/mol. The molecule has 1 fully saturated rings. The number of hydrogen-bond acceptors (Lipinski definition) is 9. The van der Waals surface area contributed by atoms with Gasteiger partial charge in [-0.25, -0.2) is 13.4 Å². The first-order chi connectivity index (χ1) is 19.3. The predicted molar refractivity (Wildman–Crippen MR) is 154 cm³/mol. The zero-order valence-corrected chi connectivity index (χ0v) is 23.2. The van der Waals surface area contributed by atoms with E-state index in [1.54, 1.807) is 43.5 Å². The number of aromatic nitrogens is 3. The molecule has 208 valence electrons. The van der Waals surface area contributed by atoms with Crippen molar-refractivity contribution in [1.29, 1.82) is 0 Å². The average Bonchev–Trinajstić information content (AvgIpc) is 2.94. The second-order valence-corrected chi connectivity index (χ2v) is 11.7. The fourth-order valence-corrected chi connectivity index (χ4v) is 6.65. The number of fused-ring (bicyclic) bond motifs is 2. The number of nitrogens with one attached hydrogen (secondary N) is 2. The molecule has 6 rings (SSSR count). The molecule has 2 aromatic heterocycles. The number of pyridine rings is 1. The van der Waals surface area contributed by atoms with Crippen LogP contribution in [0.2, 0.25) is 0 Å². The molecular formula is C28H31N7O4S. The van der Waals surface area contributed by atoms with Gasteiger partial charge < -0.3 is 19.9 Å². The average molecular weight is 562 g/mol. The molecule has 40 heavy (non-hydrogen) atoms. The summed E-state index contributed by atoms with van der Waals surface area (Å²) < 4.78 is 35.8. The van der Waals surface area contributed by atoms with Crippen LogP contribution in [-0.2, 0) is 16.4 Å². The number of hydrogen-bond donors (Lipinski definition) is 2. The molecule has 12 heteroatoms. The van der Waals surface area contributed by atoms with Gasteiger partial charge >= 0.3 is 0 Å². The molecule has 4 heterocycles. The van der Waals surface area contributed by atoms with Crippen LogP contribution in [0.1, 0.15) is 18.7 Å². The first-order valence-corrected chi connectivity index (χ1v) is 14.8. The number of ether oxygens (including phenoxy) is 1. The Hall–Kier alpha value is -4.00. The van der Waals surface area contributed by atoms with E-state index in [0.717, 1.165) is 37.6 Å². The van der Waals surface area contributed by atoms with Gasteiger partial charge in [-0.15, -0.1) is 0 Å². The highest BCUT2D eigenvalue weighted by molar-refractivity contribution is 7.89. The minimum atomic E-state index is -3.84. The Balaban J connectivity index is 1.35. The molecule has 1 atom stereocenters. The van der Waals surface area contributed by atoms with Crippen molar-refractivity contribution >= 4 is 38.4 Å². The molecule has 0 saturated carbocycles. The van der Waals surface area contributed by atoms with Crippen LogP contribution in [0.15, 0.2) is 70.5 Å². The van der Waals surface area contributed by atoms with Crippen LogP contribution >= 0.6 is 0 Å². The van der Waals surface area contributed by atoms with Gasteiger partial charge in [0.1, 0.15) is 11.8 Å². The fourth-order valence-electron chi connectivity index (χ4n) is 5.22. The van der Waals surface area contributed by atoms with E-state index in [0.29, 0.717) is 16.6 Å². The Morgan fingerprint density at radius 1 is 1.07 bits per heavy atom. The fraction of sp³-hybridized carbons (Fsp3) is 0.321. The van der Waals surface area contributed by atoms with E-state index in [4.69, 9.17) is 4.74 Å². The number of benzene rings is 2. The van der Waals surface area contributed by atoms with Crippen molar-refractivity contribution in [1.82, 2.24) is 24.2 Å². The summed E-state index contributed by atoms with van der Waals surface area (Å²) in [5, 5.41) is 3.77. The van der Waals surface area contributed by atoms with E-state index in [2.05, 4.69) is 49.0 Å². The summed E-state index contributed by atoms with van der Waals surface area (Å²) >= 11 is 0. The minimum absolute atomic E-state index is 0.108. The van der Waals surface area contributed by atoms with Crippen LogP contribution in [0.25, 0.3) is 11.0 Å². The molecular weight excluding hydrogens is 530 g/mol. The van der Waals surface area contributed by atoms with Gasteiger partial charge in [0.15, 0.2) is 5.75 Å². The van der Waals surface area contributed by atoms with Crippen LogP contribution in [0.5, 0.6) is 5.75 Å². The quantitative estimate of drug-likeness (QED) is 0.366. The topological polar surface area (TPSA) is 122 Å². The molecule has 0 bridgehead atoms. The number of sulfonamides is 1. The van der Waals surface area contributed by atoms with Gasteiger partial charge in [-0.1, -0.05) is 18.2 Å². The highest BCUT2D eigenvalue weighted by Gasteiger charge is 2.32. The second kappa shape index (κ2) is 10.5. The van der Waals surface area contributed by atoms with Crippen molar-refractivity contribution < 1.29 is 13.2 Å². The maximum Gasteiger partial charge on any atom is 0.295 e. The molecule has 4 aromatic rings. The van der Waals surface area contributed by atoms with E-state index < -0.39 is 21.7 Å². The first-order valence-electron chi connectivity index (χ1n) is 13.3. The van der Waals surface area contributed by atoms with E-state index in [1.165, 1.54) is 4.57 Å². The molecule has 0 aliphatic carbocycles.